The Kier molecular flexibility index (Phi) is 5.77. The lowest BCUT2D eigenvalue weighted by atomic mass is 9.96. The van der Waals surface area contributed by atoms with Crippen LogP contribution in [0.1, 0.15) is 32.6 Å². The average Bonchev–Trinajstić information content (AvgIpc) is 2.28. The third-order valence-corrected chi connectivity index (χ3v) is 3.43. The SMILES string of the molecule is CCC(C(=O)O)N(C)CCC1CCOCC1. The molecule has 0 bridgehead atoms. The van der Waals surface area contributed by atoms with Gasteiger partial charge in [0.25, 0.3) is 0 Å². The summed E-state index contributed by atoms with van der Waals surface area (Å²) in [6, 6.07) is -0.333. The lowest BCUT2D eigenvalue weighted by Crippen LogP contribution is -2.39. The Morgan fingerprint density at radius 2 is 2.12 bits per heavy atom. The largest absolute Gasteiger partial charge is 0.480 e. The molecule has 1 fully saturated rings. The van der Waals surface area contributed by atoms with E-state index in [9.17, 15) is 4.79 Å². The monoisotopic (exact) mass is 229 g/mol. The van der Waals surface area contributed by atoms with Crippen molar-refractivity contribution in [3.05, 3.63) is 0 Å². The Labute approximate surface area is 97.6 Å². The van der Waals surface area contributed by atoms with Crippen molar-refractivity contribution in [2.24, 2.45) is 5.92 Å². The quantitative estimate of drug-likeness (QED) is 0.751. The van der Waals surface area contributed by atoms with Gasteiger partial charge < -0.3 is 9.84 Å². The molecule has 4 nitrogen and oxygen atoms in total. The van der Waals surface area contributed by atoms with E-state index in [0.29, 0.717) is 12.3 Å². The highest BCUT2D eigenvalue weighted by atomic mass is 16.5. The van der Waals surface area contributed by atoms with E-state index in [-0.39, 0.29) is 6.04 Å². The molecular weight excluding hydrogens is 206 g/mol. The zero-order valence-electron chi connectivity index (χ0n) is 10.3. The van der Waals surface area contributed by atoms with E-state index < -0.39 is 5.97 Å². The zero-order valence-corrected chi connectivity index (χ0v) is 10.3. The molecule has 1 saturated heterocycles. The molecule has 1 rings (SSSR count). The molecule has 1 unspecified atom stereocenters. The Bertz CT molecular complexity index is 214. The van der Waals surface area contributed by atoms with Crippen molar-refractivity contribution in [2.75, 3.05) is 26.8 Å². The third kappa shape index (κ3) is 4.10. The molecule has 0 aromatic heterocycles. The van der Waals surface area contributed by atoms with Crippen LogP contribution in [-0.4, -0.2) is 48.8 Å². The van der Waals surface area contributed by atoms with Gasteiger partial charge in [0.2, 0.25) is 0 Å². The summed E-state index contributed by atoms with van der Waals surface area (Å²) < 4.78 is 5.31. The number of hydrogen-bond acceptors (Lipinski definition) is 3. The van der Waals surface area contributed by atoms with E-state index >= 15 is 0 Å². The fourth-order valence-electron chi connectivity index (χ4n) is 2.25. The summed E-state index contributed by atoms with van der Waals surface area (Å²) in [5.74, 6) is -0.000483. The molecule has 1 N–H and O–H groups in total. The minimum Gasteiger partial charge on any atom is -0.480 e. The maximum atomic E-state index is 11.0. The van der Waals surface area contributed by atoms with Gasteiger partial charge >= 0.3 is 5.97 Å². The van der Waals surface area contributed by atoms with E-state index in [0.717, 1.165) is 39.0 Å². The van der Waals surface area contributed by atoms with Crippen molar-refractivity contribution < 1.29 is 14.6 Å². The Balaban J connectivity index is 2.27. The van der Waals surface area contributed by atoms with Crippen molar-refractivity contribution in [3.63, 3.8) is 0 Å². The Hall–Kier alpha value is -0.610. The molecule has 0 amide bonds. The molecule has 4 heteroatoms. The average molecular weight is 229 g/mol. The standard InChI is InChI=1S/C12H23NO3/c1-3-11(12(14)15)13(2)7-4-10-5-8-16-9-6-10/h10-11H,3-9H2,1-2H3,(H,14,15). The number of hydrogen-bond donors (Lipinski definition) is 1. The van der Waals surface area contributed by atoms with Gasteiger partial charge in [-0.25, -0.2) is 0 Å². The lowest BCUT2D eigenvalue weighted by molar-refractivity contribution is -0.143. The third-order valence-electron chi connectivity index (χ3n) is 3.43. The first-order chi connectivity index (χ1) is 7.65. The molecule has 0 aromatic carbocycles. The Morgan fingerprint density at radius 3 is 2.62 bits per heavy atom. The van der Waals surface area contributed by atoms with Gasteiger partial charge in [-0.1, -0.05) is 6.92 Å². The van der Waals surface area contributed by atoms with Crippen molar-refractivity contribution in [2.45, 2.75) is 38.6 Å². The molecule has 1 atom stereocenters. The number of carboxylic acid groups (broad SMARTS) is 1. The zero-order chi connectivity index (χ0) is 12.0. The second-order valence-corrected chi connectivity index (χ2v) is 4.59. The van der Waals surface area contributed by atoms with Gasteiger partial charge in [-0.2, -0.15) is 0 Å². The van der Waals surface area contributed by atoms with Crippen LogP contribution in [0.4, 0.5) is 0 Å². The molecule has 0 aliphatic carbocycles. The van der Waals surface area contributed by atoms with E-state index in [1.165, 1.54) is 0 Å². The van der Waals surface area contributed by atoms with Crippen LogP contribution in [0.2, 0.25) is 0 Å². The smallest absolute Gasteiger partial charge is 0.320 e. The van der Waals surface area contributed by atoms with E-state index in [4.69, 9.17) is 9.84 Å². The topological polar surface area (TPSA) is 49.8 Å². The number of carbonyl (C=O) groups is 1. The van der Waals surface area contributed by atoms with E-state index in [1.54, 1.807) is 0 Å². The highest BCUT2D eigenvalue weighted by Gasteiger charge is 2.21. The first kappa shape index (κ1) is 13.5. The number of nitrogens with zero attached hydrogens (tertiary/aromatic N) is 1. The van der Waals surface area contributed by atoms with Crippen molar-refractivity contribution >= 4 is 5.97 Å². The second-order valence-electron chi connectivity index (χ2n) is 4.59. The maximum absolute atomic E-state index is 11.0. The molecule has 0 radical (unpaired) electrons. The Morgan fingerprint density at radius 1 is 1.50 bits per heavy atom. The van der Waals surface area contributed by atoms with E-state index in [1.807, 2.05) is 18.9 Å². The van der Waals surface area contributed by atoms with Crippen molar-refractivity contribution in [1.82, 2.24) is 4.90 Å². The molecule has 0 saturated carbocycles. The molecule has 0 aromatic rings. The molecule has 1 heterocycles. The van der Waals surface area contributed by atoms with Gasteiger partial charge in [-0.05, 0) is 45.2 Å². The first-order valence-electron chi connectivity index (χ1n) is 6.16. The van der Waals surface area contributed by atoms with Gasteiger partial charge in [0.05, 0.1) is 0 Å². The molecule has 1 aliphatic rings. The summed E-state index contributed by atoms with van der Waals surface area (Å²) in [7, 11) is 1.90. The van der Waals surface area contributed by atoms with Gasteiger partial charge in [-0.3, -0.25) is 9.69 Å². The normalized spacial score (nSPS) is 19.9. The highest BCUT2D eigenvalue weighted by Crippen LogP contribution is 2.19. The van der Waals surface area contributed by atoms with Gasteiger partial charge in [0.15, 0.2) is 0 Å². The van der Waals surface area contributed by atoms with Gasteiger partial charge in [0, 0.05) is 13.2 Å². The minimum absolute atomic E-state index is 0.333. The predicted octanol–water partition coefficient (Wildman–Crippen LogP) is 1.60. The van der Waals surface area contributed by atoms with E-state index in [2.05, 4.69) is 0 Å². The molecule has 94 valence electrons. The summed E-state index contributed by atoms with van der Waals surface area (Å²) in [6.07, 6.45) is 4.00. The summed E-state index contributed by atoms with van der Waals surface area (Å²) in [5.41, 5.74) is 0. The minimum atomic E-state index is -0.711. The summed E-state index contributed by atoms with van der Waals surface area (Å²) >= 11 is 0. The predicted molar refractivity (Wildman–Crippen MR) is 62.5 cm³/mol. The van der Waals surface area contributed by atoms with Crippen LogP contribution in [0.15, 0.2) is 0 Å². The van der Waals surface area contributed by atoms with Gasteiger partial charge in [0.1, 0.15) is 6.04 Å². The number of likely N-dealkylation sites (N-methyl/N-ethyl adjacent to an activating group) is 1. The van der Waals surface area contributed by atoms with Crippen LogP contribution >= 0.6 is 0 Å². The molecule has 16 heavy (non-hydrogen) atoms. The summed E-state index contributed by atoms with van der Waals surface area (Å²) in [6.45, 7) is 4.52. The number of rotatable bonds is 6. The van der Waals surface area contributed by atoms with Gasteiger partial charge in [-0.15, -0.1) is 0 Å². The number of carboxylic acids is 1. The van der Waals surface area contributed by atoms with Crippen LogP contribution in [0, 0.1) is 5.92 Å². The molecular formula is C12H23NO3. The second kappa shape index (κ2) is 6.86. The lowest BCUT2D eigenvalue weighted by Gasteiger charge is -2.27. The fourth-order valence-corrected chi connectivity index (χ4v) is 2.25. The van der Waals surface area contributed by atoms with Crippen molar-refractivity contribution in [3.8, 4) is 0 Å². The van der Waals surface area contributed by atoms with Crippen LogP contribution in [0.5, 0.6) is 0 Å². The summed E-state index contributed by atoms with van der Waals surface area (Å²) in [4.78, 5) is 12.9. The van der Waals surface area contributed by atoms with Crippen molar-refractivity contribution in [1.29, 1.82) is 0 Å². The molecule has 0 spiro atoms. The summed E-state index contributed by atoms with van der Waals surface area (Å²) in [5, 5.41) is 9.02. The maximum Gasteiger partial charge on any atom is 0.320 e. The number of ether oxygens (including phenoxy) is 1. The van der Waals surface area contributed by atoms with Crippen LogP contribution < -0.4 is 0 Å². The molecule has 1 aliphatic heterocycles. The number of aliphatic carboxylic acids is 1. The van der Waals surface area contributed by atoms with Crippen LogP contribution in [0.3, 0.4) is 0 Å². The van der Waals surface area contributed by atoms with Crippen LogP contribution in [-0.2, 0) is 9.53 Å². The van der Waals surface area contributed by atoms with Crippen LogP contribution in [0.25, 0.3) is 0 Å². The highest BCUT2D eigenvalue weighted by molar-refractivity contribution is 5.73. The first-order valence-corrected chi connectivity index (χ1v) is 6.16. The fraction of sp³-hybridized carbons (Fsp3) is 0.917.